The van der Waals surface area contributed by atoms with Crippen molar-refractivity contribution in [2.45, 2.75) is 30.5 Å². The molecule has 17 heavy (non-hydrogen) atoms. The van der Waals surface area contributed by atoms with Gasteiger partial charge in [-0.3, -0.25) is 0 Å². The van der Waals surface area contributed by atoms with Crippen molar-refractivity contribution >= 4 is 0 Å². The third kappa shape index (κ3) is 2.34. The van der Waals surface area contributed by atoms with Gasteiger partial charge in [-0.1, -0.05) is 24.3 Å². The lowest BCUT2D eigenvalue weighted by Gasteiger charge is -2.40. The highest BCUT2D eigenvalue weighted by Gasteiger charge is 2.43. The second kappa shape index (κ2) is 5.12. The van der Waals surface area contributed by atoms with Gasteiger partial charge in [-0.05, 0) is 11.6 Å². The van der Waals surface area contributed by atoms with Crippen LogP contribution in [0.5, 0.6) is 0 Å². The van der Waals surface area contributed by atoms with E-state index in [9.17, 15) is 15.3 Å². The quantitative estimate of drug-likeness (QED) is 0.531. The lowest BCUT2D eigenvalue weighted by molar-refractivity contribution is -0.231. The molecular formula is C12H15O5. The average molecular weight is 239 g/mol. The minimum atomic E-state index is -1.34. The Bertz CT molecular complexity index is 353. The van der Waals surface area contributed by atoms with Crippen LogP contribution in [0.3, 0.4) is 0 Å². The molecule has 0 spiro atoms. The van der Waals surface area contributed by atoms with Crippen LogP contribution in [0.15, 0.2) is 24.3 Å². The van der Waals surface area contributed by atoms with E-state index >= 15 is 0 Å². The van der Waals surface area contributed by atoms with Gasteiger partial charge < -0.3 is 25.2 Å². The molecule has 1 unspecified atom stereocenters. The molecule has 5 atom stereocenters. The molecule has 1 heterocycles. The minimum absolute atomic E-state index is 0.416. The van der Waals surface area contributed by atoms with E-state index in [1.165, 1.54) is 0 Å². The number of aliphatic hydroxyl groups is 4. The standard InChI is InChI=1S/C12H15O5/c13-6-8-9(14)10(15)11(16)12(17-8)7-4-2-1-3-5-7/h2-5,8-16H,6H2/t8-,9-,10+,11-,12?/m1/s1. The first-order valence-electron chi connectivity index (χ1n) is 5.41. The highest BCUT2D eigenvalue weighted by Crippen LogP contribution is 2.31. The van der Waals surface area contributed by atoms with E-state index in [4.69, 9.17) is 9.84 Å². The molecule has 5 nitrogen and oxygen atoms in total. The lowest BCUT2D eigenvalue weighted by Crippen LogP contribution is -2.55. The molecule has 0 aromatic heterocycles. The molecule has 0 aliphatic carbocycles. The van der Waals surface area contributed by atoms with Gasteiger partial charge in [0.1, 0.15) is 30.5 Å². The first-order chi connectivity index (χ1) is 8.15. The summed E-state index contributed by atoms with van der Waals surface area (Å²) in [6.07, 6.45) is -5.52. The number of hydrogen-bond acceptors (Lipinski definition) is 5. The predicted molar refractivity (Wildman–Crippen MR) is 58.0 cm³/mol. The van der Waals surface area contributed by atoms with Crippen molar-refractivity contribution in [3.8, 4) is 0 Å². The summed E-state index contributed by atoms with van der Waals surface area (Å²) < 4.78 is 5.39. The Balaban J connectivity index is 2.23. The van der Waals surface area contributed by atoms with Crippen LogP contribution in [0.4, 0.5) is 0 Å². The molecule has 4 N–H and O–H groups in total. The maximum atomic E-state index is 9.85. The summed E-state index contributed by atoms with van der Waals surface area (Å²) in [4.78, 5) is 0. The molecule has 0 bridgehead atoms. The number of rotatable bonds is 2. The number of aliphatic hydroxyl groups excluding tert-OH is 4. The molecule has 0 saturated carbocycles. The van der Waals surface area contributed by atoms with Gasteiger partial charge >= 0.3 is 0 Å². The van der Waals surface area contributed by atoms with Gasteiger partial charge in [0.15, 0.2) is 0 Å². The summed E-state index contributed by atoms with van der Waals surface area (Å²) in [6, 6.07) is 9.56. The number of hydrogen-bond donors (Lipinski definition) is 4. The van der Waals surface area contributed by atoms with E-state index in [-0.39, 0.29) is 0 Å². The van der Waals surface area contributed by atoms with Crippen molar-refractivity contribution in [3.05, 3.63) is 35.9 Å². The van der Waals surface area contributed by atoms with Crippen LogP contribution >= 0.6 is 0 Å². The molecule has 2 rings (SSSR count). The zero-order chi connectivity index (χ0) is 12.4. The molecule has 93 valence electrons. The zero-order valence-corrected chi connectivity index (χ0v) is 9.10. The van der Waals surface area contributed by atoms with E-state index < -0.39 is 37.1 Å². The highest BCUT2D eigenvalue weighted by atomic mass is 16.5. The van der Waals surface area contributed by atoms with Crippen molar-refractivity contribution in [1.29, 1.82) is 0 Å². The Hall–Kier alpha value is -0.980. The molecule has 1 saturated heterocycles. The Morgan fingerprint density at radius 1 is 1.06 bits per heavy atom. The van der Waals surface area contributed by atoms with Crippen molar-refractivity contribution in [2.75, 3.05) is 6.61 Å². The molecule has 1 fully saturated rings. The smallest absolute Gasteiger partial charge is 0.113 e. The van der Waals surface area contributed by atoms with Gasteiger partial charge in [-0.15, -0.1) is 0 Å². The van der Waals surface area contributed by atoms with Crippen LogP contribution in [0, 0.1) is 6.07 Å². The van der Waals surface area contributed by atoms with Crippen LogP contribution in [0.25, 0.3) is 0 Å². The topological polar surface area (TPSA) is 90.2 Å². The first kappa shape index (κ1) is 12.5. The largest absolute Gasteiger partial charge is 0.394 e. The Labute approximate surface area is 98.9 Å². The average Bonchev–Trinajstić information content (AvgIpc) is 2.37. The summed E-state index contributed by atoms with van der Waals surface area (Å²) in [6.45, 7) is -0.416. The third-order valence-electron chi connectivity index (χ3n) is 2.96. The number of benzene rings is 1. The molecule has 1 aliphatic heterocycles. The van der Waals surface area contributed by atoms with Gasteiger partial charge in [0.2, 0.25) is 0 Å². The molecule has 1 aromatic rings. The number of ether oxygens (including phenoxy) is 1. The maximum absolute atomic E-state index is 9.85. The Kier molecular flexibility index (Phi) is 3.76. The second-order valence-electron chi connectivity index (χ2n) is 4.08. The summed E-state index contributed by atoms with van der Waals surface area (Å²) in [7, 11) is 0. The Morgan fingerprint density at radius 3 is 2.29 bits per heavy atom. The second-order valence-corrected chi connectivity index (χ2v) is 4.08. The fourth-order valence-corrected chi connectivity index (χ4v) is 1.97. The fraction of sp³-hybridized carbons (Fsp3) is 0.500. The molecule has 5 heteroatoms. The predicted octanol–water partition coefficient (Wildman–Crippen LogP) is -0.998. The van der Waals surface area contributed by atoms with Gasteiger partial charge in [-0.2, -0.15) is 0 Å². The summed E-state index contributed by atoms with van der Waals surface area (Å²) in [5.41, 5.74) is 0.667. The van der Waals surface area contributed by atoms with E-state index in [0.717, 1.165) is 0 Å². The van der Waals surface area contributed by atoms with Gasteiger partial charge in [0, 0.05) is 0 Å². The highest BCUT2D eigenvalue weighted by molar-refractivity contribution is 5.19. The monoisotopic (exact) mass is 239 g/mol. The van der Waals surface area contributed by atoms with Crippen LogP contribution in [-0.2, 0) is 4.74 Å². The summed E-state index contributed by atoms with van der Waals surface area (Å²) in [5.74, 6) is 0. The lowest BCUT2D eigenvalue weighted by atomic mass is 9.91. The van der Waals surface area contributed by atoms with E-state index in [2.05, 4.69) is 6.07 Å². The van der Waals surface area contributed by atoms with Crippen molar-refractivity contribution < 1.29 is 25.2 Å². The van der Waals surface area contributed by atoms with Crippen LogP contribution in [-0.4, -0.2) is 51.4 Å². The first-order valence-corrected chi connectivity index (χ1v) is 5.41. The minimum Gasteiger partial charge on any atom is -0.394 e. The van der Waals surface area contributed by atoms with Crippen molar-refractivity contribution in [1.82, 2.24) is 0 Å². The van der Waals surface area contributed by atoms with Crippen LogP contribution in [0.1, 0.15) is 11.7 Å². The summed E-state index contributed by atoms with van der Waals surface area (Å²) >= 11 is 0. The molecular weight excluding hydrogens is 224 g/mol. The molecule has 0 amide bonds. The maximum Gasteiger partial charge on any atom is 0.113 e. The molecule has 1 radical (unpaired) electrons. The third-order valence-corrected chi connectivity index (χ3v) is 2.96. The van der Waals surface area contributed by atoms with Gasteiger partial charge in [0.25, 0.3) is 0 Å². The zero-order valence-electron chi connectivity index (χ0n) is 9.10. The van der Waals surface area contributed by atoms with Gasteiger partial charge in [-0.25, -0.2) is 0 Å². The van der Waals surface area contributed by atoms with E-state index in [0.29, 0.717) is 5.56 Å². The van der Waals surface area contributed by atoms with E-state index in [1.807, 2.05) is 0 Å². The van der Waals surface area contributed by atoms with Crippen LogP contribution in [0.2, 0.25) is 0 Å². The normalized spacial score (nSPS) is 38.0. The van der Waals surface area contributed by atoms with Crippen molar-refractivity contribution in [2.24, 2.45) is 0 Å². The van der Waals surface area contributed by atoms with Gasteiger partial charge in [0.05, 0.1) is 6.61 Å². The van der Waals surface area contributed by atoms with E-state index in [1.54, 1.807) is 24.3 Å². The molecule has 1 aliphatic rings. The van der Waals surface area contributed by atoms with Crippen LogP contribution < -0.4 is 0 Å². The summed E-state index contributed by atoms with van der Waals surface area (Å²) in [5, 5.41) is 38.1. The van der Waals surface area contributed by atoms with Crippen molar-refractivity contribution in [3.63, 3.8) is 0 Å². The Morgan fingerprint density at radius 2 is 1.71 bits per heavy atom. The SMILES string of the molecule is OC[C@H]1OC(c2cc[c]cc2)[C@H](O)[C@@H](O)[C@@H]1O. The fourth-order valence-electron chi connectivity index (χ4n) is 1.97. The molecule has 1 aromatic carbocycles.